The molecule has 0 amide bonds. The lowest BCUT2D eigenvalue weighted by atomic mass is 10.1. The Bertz CT molecular complexity index is 534. The van der Waals surface area contributed by atoms with Crippen LogP contribution in [0.15, 0.2) is 30.6 Å². The smallest absolute Gasteiger partial charge is 0.140 e. The molecule has 102 valence electrons. The molecule has 1 aromatic heterocycles. The lowest BCUT2D eigenvalue weighted by Gasteiger charge is -2.12. The van der Waals surface area contributed by atoms with E-state index in [1.54, 1.807) is 0 Å². The van der Waals surface area contributed by atoms with E-state index in [0.29, 0.717) is 0 Å². The fourth-order valence-corrected chi connectivity index (χ4v) is 2.29. The summed E-state index contributed by atoms with van der Waals surface area (Å²) in [6.45, 7) is 7.05. The van der Waals surface area contributed by atoms with Crippen LogP contribution in [0.2, 0.25) is 5.02 Å². The Kier molecular flexibility index (Phi) is 5.00. The summed E-state index contributed by atoms with van der Waals surface area (Å²) in [5.41, 5.74) is 2.35. The van der Waals surface area contributed by atoms with Crippen molar-refractivity contribution >= 4 is 11.6 Å². The minimum atomic E-state index is 0.750. The van der Waals surface area contributed by atoms with Gasteiger partial charge in [0.25, 0.3) is 0 Å². The minimum absolute atomic E-state index is 0.750. The van der Waals surface area contributed by atoms with Crippen LogP contribution in [0.25, 0.3) is 11.4 Å². The third-order valence-corrected chi connectivity index (χ3v) is 3.35. The summed E-state index contributed by atoms with van der Waals surface area (Å²) in [6.07, 6.45) is 4.97. The molecule has 2 aromatic rings. The van der Waals surface area contributed by atoms with Gasteiger partial charge in [-0.25, -0.2) is 4.98 Å². The standard InChI is InChI=1S/C15H20ClN3/c1-3-7-17-11-12-5-6-13(16)10-14(12)15-18-8-9-19(15)4-2/h5-6,8-10,17H,3-4,7,11H2,1-2H3. The maximum atomic E-state index is 6.13. The van der Waals surface area contributed by atoms with Crippen LogP contribution in [0.1, 0.15) is 25.8 Å². The van der Waals surface area contributed by atoms with Gasteiger partial charge in [0.05, 0.1) is 0 Å². The van der Waals surface area contributed by atoms with Crippen LogP contribution in [0.5, 0.6) is 0 Å². The molecule has 1 aromatic carbocycles. The van der Waals surface area contributed by atoms with E-state index < -0.39 is 0 Å². The minimum Gasteiger partial charge on any atom is -0.331 e. The van der Waals surface area contributed by atoms with Gasteiger partial charge >= 0.3 is 0 Å². The third kappa shape index (κ3) is 3.37. The molecule has 0 unspecified atom stereocenters. The molecular weight excluding hydrogens is 258 g/mol. The molecular formula is C15H20ClN3. The molecule has 0 saturated carbocycles. The second kappa shape index (κ2) is 6.73. The molecule has 4 heteroatoms. The van der Waals surface area contributed by atoms with Crippen LogP contribution in [-0.4, -0.2) is 16.1 Å². The Balaban J connectivity index is 2.34. The Morgan fingerprint density at radius 1 is 1.32 bits per heavy atom. The van der Waals surface area contributed by atoms with Crippen molar-refractivity contribution in [2.75, 3.05) is 6.54 Å². The molecule has 0 aliphatic carbocycles. The van der Waals surface area contributed by atoms with Gasteiger partial charge in [0.1, 0.15) is 5.82 Å². The fraction of sp³-hybridized carbons (Fsp3) is 0.400. The molecule has 0 spiro atoms. The van der Waals surface area contributed by atoms with E-state index in [9.17, 15) is 0 Å². The van der Waals surface area contributed by atoms with Crippen molar-refractivity contribution < 1.29 is 0 Å². The van der Waals surface area contributed by atoms with Crippen molar-refractivity contribution in [1.29, 1.82) is 0 Å². The predicted molar refractivity (Wildman–Crippen MR) is 80.3 cm³/mol. The molecule has 0 saturated heterocycles. The van der Waals surface area contributed by atoms with Gasteiger partial charge in [0.15, 0.2) is 0 Å². The van der Waals surface area contributed by atoms with Crippen LogP contribution in [0.4, 0.5) is 0 Å². The van der Waals surface area contributed by atoms with E-state index in [4.69, 9.17) is 11.6 Å². The van der Waals surface area contributed by atoms with E-state index in [0.717, 1.165) is 42.5 Å². The number of aromatic nitrogens is 2. The molecule has 0 radical (unpaired) electrons. The summed E-state index contributed by atoms with van der Waals surface area (Å²) < 4.78 is 2.13. The molecule has 0 aliphatic heterocycles. The van der Waals surface area contributed by atoms with Gasteiger partial charge in [-0.15, -0.1) is 0 Å². The number of nitrogens with zero attached hydrogens (tertiary/aromatic N) is 2. The first kappa shape index (κ1) is 14.1. The molecule has 1 N–H and O–H groups in total. The highest BCUT2D eigenvalue weighted by Gasteiger charge is 2.10. The quantitative estimate of drug-likeness (QED) is 0.816. The van der Waals surface area contributed by atoms with Gasteiger partial charge in [0.2, 0.25) is 0 Å². The summed E-state index contributed by atoms with van der Waals surface area (Å²) in [5.74, 6) is 0.985. The predicted octanol–water partition coefficient (Wildman–Crippen LogP) is 3.72. The summed E-state index contributed by atoms with van der Waals surface area (Å²) in [6, 6.07) is 6.02. The van der Waals surface area contributed by atoms with Gasteiger partial charge in [-0.3, -0.25) is 0 Å². The van der Waals surface area contributed by atoms with Gasteiger partial charge in [-0.05, 0) is 37.6 Å². The number of nitrogens with one attached hydrogen (secondary N) is 1. The number of aryl methyl sites for hydroxylation is 1. The highest BCUT2D eigenvalue weighted by Crippen LogP contribution is 2.26. The van der Waals surface area contributed by atoms with Crippen LogP contribution >= 0.6 is 11.6 Å². The average Bonchev–Trinajstić information content (AvgIpc) is 2.88. The van der Waals surface area contributed by atoms with Gasteiger partial charge in [0, 0.05) is 36.1 Å². The number of halogens is 1. The van der Waals surface area contributed by atoms with E-state index in [1.807, 2.05) is 24.5 Å². The number of hydrogen-bond donors (Lipinski definition) is 1. The first-order valence-electron chi connectivity index (χ1n) is 6.77. The van der Waals surface area contributed by atoms with Crippen molar-refractivity contribution in [1.82, 2.24) is 14.9 Å². The first-order valence-corrected chi connectivity index (χ1v) is 7.14. The van der Waals surface area contributed by atoms with Crippen molar-refractivity contribution in [3.63, 3.8) is 0 Å². The third-order valence-electron chi connectivity index (χ3n) is 3.11. The van der Waals surface area contributed by atoms with Gasteiger partial charge in [-0.1, -0.05) is 24.6 Å². The number of rotatable bonds is 6. The van der Waals surface area contributed by atoms with E-state index in [2.05, 4.69) is 34.8 Å². The Morgan fingerprint density at radius 2 is 2.16 bits per heavy atom. The summed E-state index contributed by atoms with van der Waals surface area (Å²) in [7, 11) is 0. The molecule has 3 nitrogen and oxygen atoms in total. The number of imidazole rings is 1. The lowest BCUT2D eigenvalue weighted by Crippen LogP contribution is -2.14. The van der Waals surface area contributed by atoms with Crippen LogP contribution < -0.4 is 5.32 Å². The monoisotopic (exact) mass is 277 g/mol. The molecule has 19 heavy (non-hydrogen) atoms. The van der Waals surface area contributed by atoms with Gasteiger partial charge < -0.3 is 9.88 Å². The van der Waals surface area contributed by atoms with Crippen LogP contribution in [0.3, 0.4) is 0 Å². The Hall–Kier alpha value is -1.32. The summed E-state index contributed by atoms with van der Waals surface area (Å²) >= 11 is 6.13. The normalized spacial score (nSPS) is 10.9. The Labute approximate surface area is 119 Å². The van der Waals surface area contributed by atoms with Crippen molar-refractivity contribution in [2.45, 2.75) is 33.4 Å². The largest absolute Gasteiger partial charge is 0.331 e. The van der Waals surface area contributed by atoms with E-state index in [-0.39, 0.29) is 0 Å². The van der Waals surface area contributed by atoms with E-state index in [1.165, 1.54) is 5.56 Å². The van der Waals surface area contributed by atoms with Crippen LogP contribution in [-0.2, 0) is 13.1 Å². The fourth-order valence-electron chi connectivity index (χ4n) is 2.12. The van der Waals surface area contributed by atoms with Crippen molar-refractivity contribution in [3.8, 4) is 11.4 Å². The van der Waals surface area contributed by atoms with Crippen LogP contribution in [0, 0.1) is 0 Å². The number of benzene rings is 1. The average molecular weight is 278 g/mol. The zero-order valence-corrected chi connectivity index (χ0v) is 12.2. The van der Waals surface area contributed by atoms with E-state index >= 15 is 0 Å². The molecule has 2 rings (SSSR count). The summed E-state index contributed by atoms with van der Waals surface area (Å²) in [5, 5.41) is 4.18. The molecule has 0 aliphatic rings. The topological polar surface area (TPSA) is 29.9 Å². The van der Waals surface area contributed by atoms with Gasteiger partial charge in [-0.2, -0.15) is 0 Å². The molecule has 0 bridgehead atoms. The zero-order chi connectivity index (χ0) is 13.7. The molecule has 0 fully saturated rings. The second-order valence-corrected chi connectivity index (χ2v) is 4.95. The maximum absolute atomic E-state index is 6.13. The second-order valence-electron chi connectivity index (χ2n) is 4.52. The lowest BCUT2D eigenvalue weighted by molar-refractivity contribution is 0.675. The maximum Gasteiger partial charge on any atom is 0.140 e. The summed E-state index contributed by atoms with van der Waals surface area (Å²) in [4.78, 5) is 4.46. The SMILES string of the molecule is CCCNCc1ccc(Cl)cc1-c1nccn1CC. The molecule has 0 atom stereocenters. The highest BCUT2D eigenvalue weighted by molar-refractivity contribution is 6.30. The van der Waals surface area contributed by atoms with Crippen molar-refractivity contribution in [3.05, 3.63) is 41.2 Å². The Morgan fingerprint density at radius 3 is 2.89 bits per heavy atom. The molecule has 1 heterocycles. The number of hydrogen-bond acceptors (Lipinski definition) is 2. The van der Waals surface area contributed by atoms with Crippen molar-refractivity contribution in [2.24, 2.45) is 0 Å². The first-order chi connectivity index (χ1) is 9.26. The highest BCUT2D eigenvalue weighted by atomic mass is 35.5. The zero-order valence-electron chi connectivity index (χ0n) is 11.5.